The number of anilines is 1. The number of benzene rings is 4. The van der Waals surface area contributed by atoms with E-state index >= 15 is 4.39 Å². The molecule has 0 saturated carbocycles. The molecular weight excluding hydrogens is 687 g/mol. The Morgan fingerprint density at radius 1 is 0.788 bits per heavy atom. The van der Waals surface area contributed by atoms with Crippen molar-refractivity contribution >= 4 is 52.1 Å². The van der Waals surface area contributed by atoms with Crippen LogP contribution < -0.4 is 10.2 Å². The molecule has 0 spiro atoms. The Bertz CT molecular complexity index is 2080. The number of carbonyl (C=O) groups excluding carboxylic acids is 4. The summed E-state index contributed by atoms with van der Waals surface area (Å²) in [5, 5.41) is 22.0. The first-order valence-corrected chi connectivity index (χ1v) is 17.6. The predicted octanol–water partition coefficient (Wildman–Crippen LogP) is 5.55. The number of halogens is 2. The Balaban J connectivity index is 1.06. The SMILES string of the molecule is O=C1CCC(N2C(=O)c3cc(CN4CCN(c5ccc(C(=C(CCCl)c6ccc(O)cc6)c6ccc(O)cc6)cc5)CC4)cc(F)c3C2=O)C(=O)N1. The molecule has 0 bridgehead atoms. The van der Waals surface area contributed by atoms with Gasteiger partial charge in [-0.3, -0.25) is 34.3 Å². The van der Waals surface area contributed by atoms with Crippen molar-refractivity contribution in [2.75, 3.05) is 37.0 Å². The van der Waals surface area contributed by atoms with Gasteiger partial charge < -0.3 is 15.1 Å². The number of allylic oxidation sites excluding steroid dienone is 1. The molecule has 4 aromatic carbocycles. The molecule has 2 saturated heterocycles. The fourth-order valence-electron chi connectivity index (χ4n) is 7.27. The van der Waals surface area contributed by atoms with Gasteiger partial charge in [0.15, 0.2) is 0 Å². The van der Waals surface area contributed by atoms with E-state index in [9.17, 15) is 29.4 Å². The summed E-state index contributed by atoms with van der Waals surface area (Å²) in [7, 11) is 0. The Morgan fingerprint density at radius 3 is 1.98 bits per heavy atom. The average Bonchev–Trinajstić information content (AvgIpc) is 3.38. The zero-order chi connectivity index (χ0) is 36.5. The number of piperazine rings is 1. The number of aromatic hydroxyl groups is 2. The third-order valence-corrected chi connectivity index (χ3v) is 10.1. The second-order valence-electron chi connectivity index (χ2n) is 13.1. The maximum Gasteiger partial charge on any atom is 0.265 e. The molecule has 4 aromatic rings. The Kier molecular flexibility index (Phi) is 9.81. The number of nitrogens with one attached hydrogen (secondary N) is 1. The number of piperidine rings is 1. The summed E-state index contributed by atoms with van der Waals surface area (Å²) in [6.07, 6.45) is 0.577. The van der Waals surface area contributed by atoms with Crippen molar-refractivity contribution in [3.8, 4) is 11.5 Å². The van der Waals surface area contributed by atoms with Crippen molar-refractivity contribution in [1.82, 2.24) is 15.1 Å². The van der Waals surface area contributed by atoms with Crippen LogP contribution in [0.5, 0.6) is 11.5 Å². The first-order valence-electron chi connectivity index (χ1n) is 17.1. The van der Waals surface area contributed by atoms with E-state index in [1.165, 1.54) is 12.1 Å². The summed E-state index contributed by atoms with van der Waals surface area (Å²) in [5.74, 6) is -2.87. The third kappa shape index (κ3) is 6.89. The van der Waals surface area contributed by atoms with Gasteiger partial charge in [0.1, 0.15) is 23.4 Å². The lowest BCUT2D eigenvalue weighted by atomic mass is 9.88. The first kappa shape index (κ1) is 34.9. The summed E-state index contributed by atoms with van der Waals surface area (Å²) >= 11 is 6.29. The number of carbonyl (C=O) groups is 4. The molecule has 7 rings (SSSR count). The minimum atomic E-state index is -1.16. The molecule has 52 heavy (non-hydrogen) atoms. The van der Waals surface area contributed by atoms with Crippen LogP contribution in [-0.2, 0) is 16.1 Å². The number of rotatable bonds is 9. The molecular formula is C40H36ClFN4O6. The highest BCUT2D eigenvalue weighted by atomic mass is 35.5. The molecule has 0 radical (unpaired) electrons. The molecule has 3 aliphatic rings. The zero-order valence-electron chi connectivity index (χ0n) is 28.1. The number of hydrogen-bond acceptors (Lipinski definition) is 8. The smallest absolute Gasteiger partial charge is 0.265 e. The van der Waals surface area contributed by atoms with Crippen LogP contribution in [0.1, 0.15) is 62.2 Å². The van der Waals surface area contributed by atoms with Crippen molar-refractivity contribution in [3.05, 3.63) is 124 Å². The van der Waals surface area contributed by atoms with E-state index in [1.54, 1.807) is 24.3 Å². The normalized spacial score (nSPS) is 18.4. The lowest BCUT2D eigenvalue weighted by Gasteiger charge is -2.36. The highest BCUT2D eigenvalue weighted by Crippen LogP contribution is 2.37. The number of phenolic OH excluding ortho intramolecular Hbond substituents is 2. The quantitative estimate of drug-likeness (QED) is 0.117. The van der Waals surface area contributed by atoms with Crippen molar-refractivity contribution in [2.45, 2.75) is 31.8 Å². The molecule has 4 amide bonds. The standard InChI is InChI=1S/C40H36ClFN4O6/c41-16-15-31(25-3-9-29(47)10-4-25)36(27-5-11-30(48)12-6-27)26-1-7-28(8-2-26)45-19-17-44(18-20-45)23-24-21-32-37(33(42)22-24)40(52)46(39(32)51)34-13-14-35(49)43-38(34)50/h1-12,21-22,34,47-48H,13-20,23H2,(H,43,49,50). The van der Waals surface area contributed by atoms with Crippen molar-refractivity contribution in [1.29, 1.82) is 0 Å². The van der Waals surface area contributed by atoms with Crippen LogP contribution >= 0.6 is 11.6 Å². The van der Waals surface area contributed by atoms with Gasteiger partial charge in [-0.25, -0.2) is 4.39 Å². The minimum Gasteiger partial charge on any atom is -0.508 e. The minimum absolute atomic E-state index is 0.00275. The molecule has 0 aliphatic carbocycles. The van der Waals surface area contributed by atoms with Crippen LogP contribution in [0.25, 0.3) is 11.1 Å². The number of alkyl halides is 1. The zero-order valence-corrected chi connectivity index (χ0v) is 28.9. The predicted molar refractivity (Wildman–Crippen MR) is 194 cm³/mol. The molecule has 3 aliphatic heterocycles. The van der Waals surface area contributed by atoms with Gasteiger partial charge in [-0.15, -0.1) is 11.6 Å². The molecule has 2 fully saturated rings. The van der Waals surface area contributed by atoms with Crippen LogP contribution in [0.2, 0.25) is 0 Å². The number of nitrogens with zero attached hydrogens (tertiary/aromatic N) is 3. The van der Waals surface area contributed by atoms with Crippen molar-refractivity contribution < 1.29 is 33.8 Å². The average molecular weight is 723 g/mol. The summed E-state index contributed by atoms with van der Waals surface area (Å²) in [6, 6.07) is 24.1. The lowest BCUT2D eigenvalue weighted by Crippen LogP contribution is -2.54. The molecule has 1 atom stereocenters. The van der Waals surface area contributed by atoms with Crippen LogP contribution in [0.4, 0.5) is 10.1 Å². The van der Waals surface area contributed by atoms with Gasteiger partial charge in [-0.2, -0.15) is 0 Å². The van der Waals surface area contributed by atoms with Gasteiger partial charge in [0.2, 0.25) is 11.8 Å². The number of amides is 4. The van der Waals surface area contributed by atoms with Gasteiger partial charge in [0, 0.05) is 50.7 Å². The van der Waals surface area contributed by atoms with Crippen LogP contribution in [0, 0.1) is 5.82 Å². The molecule has 10 nitrogen and oxygen atoms in total. The Hall–Kier alpha value is -5.52. The number of imide groups is 2. The summed E-state index contributed by atoms with van der Waals surface area (Å²) < 4.78 is 15.3. The fraction of sp³-hybridized carbons (Fsp3) is 0.250. The summed E-state index contributed by atoms with van der Waals surface area (Å²) in [6.45, 7) is 3.14. The molecule has 0 aromatic heterocycles. The van der Waals surface area contributed by atoms with E-state index in [-0.39, 0.29) is 35.5 Å². The van der Waals surface area contributed by atoms with Crippen LogP contribution in [0.3, 0.4) is 0 Å². The lowest BCUT2D eigenvalue weighted by molar-refractivity contribution is -0.136. The second-order valence-corrected chi connectivity index (χ2v) is 13.5. The Labute approximate surface area is 304 Å². The van der Waals surface area contributed by atoms with Gasteiger partial charge in [-0.1, -0.05) is 36.4 Å². The molecule has 3 heterocycles. The topological polar surface area (TPSA) is 130 Å². The van der Waals surface area contributed by atoms with E-state index in [2.05, 4.69) is 39.4 Å². The van der Waals surface area contributed by atoms with Crippen molar-refractivity contribution in [2.24, 2.45) is 0 Å². The van der Waals surface area contributed by atoms with Gasteiger partial charge in [-0.05, 0) is 94.8 Å². The molecule has 12 heteroatoms. The van der Waals surface area contributed by atoms with Gasteiger partial charge in [0.05, 0.1) is 11.1 Å². The first-order chi connectivity index (χ1) is 25.1. The van der Waals surface area contributed by atoms with E-state index in [4.69, 9.17) is 11.6 Å². The Morgan fingerprint density at radius 2 is 1.38 bits per heavy atom. The third-order valence-electron chi connectivity index (χ3n) is 9.87. The summed E-state index contributed by atoms with van der Waals surface area (Å²) in [4.78, 5) is 55.5. The van der Waals surface area contributed by atoms with Gasteiger partial charge >= 0.3 is 0 Å². The summed E-state index contributed by atoms with van der Waals surface area (Å²) in [5.41, 5.74) is 6.01. The number of phenols is 2. The number of hydrogen-bond donors (Lipinski definition) is 3. The molecule has 266 valence electrons. The highest BCUT2D eigenvalue weighted by molar-refractivity contribution is 6.23. The monoisotopic (exact) mass is 722 g/mol. The van der Waals surface area contributed by atoms with E-state index in [0.29, 0.717) is 50.6 Å². The number of fused-ring (bicyclic) bond motifs is 1. The van der Waals surface area contributed by atoms with Crippen LogP contribution in [0.15, 0.2) is 84.9 Å². The van der Waals surface area contributed by atoms with E-state index < -0.39 is 35.5 Å². The molecule has 1 unspecified atom stereocenters. The van der Waals surface area contributed by atoms with Gasteiger partial charge in [0.25, 0.3) is 11.8 Å². The fourth-order valence-corrected chi connectivity index (χ4v) is 7.46. The van der Waals surface area contributed by atoms with Crippen molar-refractivity contribution in [3.63, 3.8) is 0 Å². The largest absolute Gasteiger partial charge is 0.508 e. The maximum atomic E-state index is 15.3. The van der Waals surface area contributed by atoms with E-state index in [1.807, 2.05) is 24.3 Å². The van der Waals surface area contributed by atoms with Crippen LogP contribution in [-0.4, -0.2) is 81.7 Å². The highest BCUT2D eigenvalue weighted by Gasteiger charge is 2.46. The maximum absolute atomic E-state index is 15.3. The van der Waals surface area contributed by atoms with E-state index in [0.717, 1.165) is 38.4 Å². The second kappa shape index (κ2) is 14.6. The molecule has 3 N–H and O–H groups in total.